The van der Waals surface area contributed by atoms with Gasteiger partial charge in [-0.3, -0.25) is 4.79 Å². The molecule has 24 heavy (non-hydrogen) atoms. The predicted octanol–water partition coefficient (Wildman–Crippen LogP) is 2.83. The molecule has 1 atom stereocenters. The Hall–Kier alpha value is -2.24. The molecule has 0 aliphatic heterocycles. The van der Waals surface area contributed by atoms with Gasteiger partial charge in [0.2, 0.25) is 5.91 Å². The van der Waals surface area contributed by atoms with Crippen LogP contribution in [0.15, 0.2) is 30.3 Å². The molecule has 0 unspecified atom stereocenters. The van der Waals surface area contributed by atoms with E-state index in [1.807, 2.05) is 37.3 Å². The summed E-state index contributed by atoms with van der Waals surface area (Å²) in [5.41, 5.74) is -0.541. The summed E-state index contributed by atoms with van der Waals surface area (Å²) in [5, 5.41) is 2.72. The number of rotatable bonds is 7. The van der Waals surface area contributed by atoms with E-state index in [4.69, 9.17) is 9.47 Å². The Morgan fingerprint density at radius 2 is 1.83 bits per heavy atom. The zero-order valence-electron chi connectivity index (χ0n) is 15.2. The summed E-state index contributed by atoms with van der Waals surface area (Å²) in [6.07, 6.45) is -0.201. The highest BCUT2D eigenvalue weighted by atomic mass is 16.6. The molecule has 0 saturated heterocycles. The predicted molar refractivity (Wildman–Crippen MR) is 93.0 cm³/mol. The van der Waals surface area contributed by atoms with Gasteiger partial charge in [0.25, 0.3) is 0 Å². The van der Waals surface area contributed by atoms with Crippen molar-refractivity contribution in [1.82, 2.24) is 10.2 Å². The van der Waals surface area contributed by atoms with Crippen molar-refractivity contribution in [3.63, 3.8) is 0 Å². The van der Waals surface area contributed by atoms with Crippen molar-refractivity contribution < 1.29 is 19.1 Å². The fourth-order valence-electron chi connectivity index (χ4n) is 2.03. The number of carbonyl (C=O) groups is 2. The van der Waals surface area contributed by atoms with Crippen LogP contribution in [0.2, 0.25) is 0 Å². The average Bonchev–Trinajstić information content (AvgIpc) is 2.45. The molecule has 0 bridgehead atoms. The number of carbonyl (C=O) groups excluding carboxylic acids is 2. The Balaban J connectivity index is 2.28. The molecule has 0 fully saturated rings. The molecule has 1 aromatic carbocycles. The van der Waals surface area contributed by atoms with Gasteiger partial charge >= 0.3 is 6.09 Å². The van der Waals surface area contributed by atoms with E-state index in [0.29, 0.717) is 13.2 Å². The van der Waals surface area contributed by atoms with Crippen molar-refractivity contribution in [3.05, 3.63) is 30.3 Å². The van der Waals surface area contributed by atoms with E-state index < -0.39 is 11.7 Å². The minimum Gasteiger partial charge on any atom is -0.493 e. The van der Waals surface area contributed by atoms with Crippen molar-refractivity contribution in [1.29, 1.82) is 0 Å². The monoisotopic (exact) mass is 336 g/mol. The average molecular weight is 336 g/mol. The zero-order valence-corrected chi connectivity index (χ0v) is 15.2. The maximum atomic E-state index is 12.1. The van der Waals surface area contributed by atoms with Crippen LogP contribution < -0.4 is 10.1 Å². The number of benzene rings is 1. The number of nitrogens with one attached hydrogen (secondary N) is 1. The lowest BCUT2D eigenvalue weighted by molar-refractivity contribution is -0.130. The largest absolute Gasteiger partial charge is 0.493 e. The highest BCUT2D eigenvalue weighted by Crippen LogP contribution is 2.09. The number of ether oxygens (including phenoxy) is 2. The highest BCUT2D eigenvalue weighted by Gasteiger charge is 2.19. The second-order valence-electron chi connectivity index (χ2n) is 6.73. The van der Waals surface area contributed by atoms with E-state index in [0.717, 1.165) is 5.75 Å². The Morgan fingerprint density at radius 1 is 1.21 bits per heavy atom. The molecule has 134 valence electrons. The third-order valence-electron chi connectivity index (χ3n) is 3.06. The van der Waals surface area contributed by atoms with Crippen molar-refractivity contribution in [2.24, 2.45) is 0 Å². The molecule has 0 radical (unpaired) electrons. The normalized spacial score (nSPS) is 12.2. The standard InChI is InChI=1S/C18H28N2O4/c1-14(19-17(22)24-18(2,3)4)13-20(5)16(21)11-12-23-15-9-7-6-8-10-15/h6-10,14H,11-13H2,1-5H3,(H,19,22)/t14-/m0/s1. The summed E-state index contributed by atoms with van der Waals surface area (Å²) >= 11 is 0. The third kappa shape index (κ3) is 8.41. The molecule has 1 aromatic rings. The summed E-state index contributed by atoms with van der Waals surface area (Å²) < 4.78 is 10.7. The van der Waals surface area contributed by atoms with Gasteiger partial charge in [-0.05, 0) is 39.8 Å². The molecule has 2 amide bonds. The number of amides is 2. The van der Waals surface area contributed by atoms with Gasteiger partial charge in [0, 0.05) is 19.6 Å². The highest BCUT2D eigenvalue weighted by molar-refractivity contribution is 5.76. The molecule has 0 aliphatic rings. The van der Waals surface area contributed by atoms with Gasteiger partial charge in [0.15, 0.2) is 0 Å². The SMILES string of the molecule is C[C@@H](CN(C)C(=O)CCOc1ccccc1)NC(=O)OC(C)(C)C. The lowest BCUT2D eigenvalue weighted by Gasteiger charge is -2.25. The fourth-order valence-corrected chi connectivity index (χ4v) is 2.03. The molecule has 1 rings (SSSR count). The van der Waals surface area contributed by atoms with Crippen molar-refractivity contribution in [3.8, 4) is 5.75 Å². The molecule has 0 aliphatic carbocycles. The van der Waals surface area contributed by atoms with E-state index in [-0.39, 0.29) is 18.4 Å². The van der Waals surface area contributed by atoms with Crippen LogP contribution in [0, 0.1) is 0 Å². The van der Waals surface area contributed by atoms with Gasteiger partial charge in [0.05, 0.1) is 13.0 Å². The second-order valence-corrected chi connectivity index (χ2v) is 6.73. The number of likely N-dealkylation sites (N-methyl/N-ethyl adjacent to an activating group) is 1. The quantitative estimate of drug-likeness (QED) is 0.831. The molecule has 1 N–H and O–H groups in total. The fraction of sp³-hybridized carbons (Fsp3) is 0.556. The van der Waals surface area contributed by atoms with E-state index in [1.165, 1.54) is 0 Å². The van der Waals surface area contributed by atoms with Crippen LogP contribution in [0.1, 0.15) is 34.1 Å². The van der Waals surface area contributed by atoms with E-state index in [2.05, 4.69) is 5.32 Å². The smallest absolute Gasteiger partial charge is 0.407 e. The summed E-state index contributed by atoms with van der Waals surface area (Å²) in [4.78, 5) is 25.4. The number of hydrogen-bond acceptors (Lipinski definition) is 4. The molecule has 0 saturated carbocycles. The molecular weight excluding hydrogens is 308 g/mol. The van der Waals surface area contributed by atoms with E-state index in [1.54, 1.807) is 32.7 Å². The summed E-state index contributed by atoms with van der Waals surface area (Å²) in [6.45, 7) is 7.97. The first-order valence-corrected chi connectivity index (χ1v) is 8.08. The minimum absolute atomic E-state index is 0.0382. The van der Waals surface area contributed by atoms with Gasteiger partial charge < -0.3 is 19.7 Å². The minimum atomic E-state index is -0.541. The van der Waals surface area contributed by atoms with Gasteiger partial charge in [-0.1, -0.05) is 18.2 Å². The van der Waals surface area contributed by atoms with Gasteiger partial charge in [-0.15, -0.1) is 0 Å². The Labute approximate surface area is 144 Å². The number of para-hydroxylation sites is 1. The van der Waals surface area contributed by atoms with Crippen molar-refractivity contribution >= 4 is 12.0 Å². The van der Waals surface area contributed by atoms with Gasteiger partial charge in [-0.25, -0.2) is 4.79 Å². The van der Waals surface area contributed by atoms with E-state index >= 15 is 0 Å². The first-order chi connectivity index (χ1) is 11.2. The van der Waals surface area contributed by atoms with Crippen molar-refractivity contribution in [2.75, 3.05) is 20.2 Å². The molecule has 0 heterocycles. The lowest BCUT2D eigenvalue weighted by atomic mass is 10.2. The molecule has 0 spiro atoms. The summed E-state index contributed by atoms with van der Waals surface area (Å²) in [5.74, 6) is 0.705. The molecule has 6 heteroatoms. The summed E-state index contributed by atoms with van der Waals surface area (Å²) in [7, 11) is 1.71. The van der Waals surface area contributed by atoms with Crippen LogP contribution in [-0.2, 0) is 9.53 Å². The van der Waals surface area contributed by atoms with E-state index in [9.17, 15) is 9.59 Å². The Kier molecular flexibility index (Phi) is 7.55. The summed E-state index contributed by atoms with van der Waals surface area (Å²) in [6, 6.07) is 9.16. The second kappa shape index (κ2) is 9.15. The molecular formula is C18H28N2O4. The number of nitrogens with zero attached hydrogens (tertiary/aromatic N) is 1. The van der Waals surface area contributed by atoms with Crippen LogP contribution in [0.4, 0.5) is 4.79 Å². The van der Waals surface area contributed by atoms with Crippen molar-refractivity contribution in [2.45, 2.75) is 45.8 Å². The maximum absolute atomic E-state index is 12.1. The zero-order chi connectivity index (χ0) is 18.2. The topological polar surface area (TPSA) is 67.9 Å². The first kappa shape index (κ1) is 19.8. The van der Waals surface area contributed by atoms with Crippen LogP contribution in [0.3, 0.4) is 0 Å². The Bertz CT molecular complexity index is 526. The molecule has 0 aromatic heterocycles. The number of hydrogen-bond donors (Lipinski definition) is 1. The number of alkyl carbamates (subject to hydrolysis) is 1. The van der Waals surface area contributed by atoms with Crippen LogP contribution in [0.5, 0.6) is 5.75 Å². The third-order valence-corrected chi connectivity index (χ3v) is 3.06. The maximum Gasteiger partial charge on any atom is 0.407 e. The van der Waals surface area contributed by atoms with Crippen LogP contribution in [0.25, 0.3) is 0 Å². The molecule has 6 nitrogen and oxygen atoms in total. The van der Waals surface area contributed by atoms with Gasteiger partial charge in [0.1, 0.15) is 11.4 Å². The Morgan fingerprint density at radius 3 is 2.42 bits per heavy atom. The van der Waals surface area contributed by atoms with Gasteiger partial charge in [-0.2, -0.15) is 0 Å². The van der Waals surface area contributed by atoms with Crippen LogP contribution in [-0.4, -0.2) is 48.7 Å². The van der Waals surface area contributed by atoms with Crippen LogP contribution >= 0.6 is 0 Å². The first-order valence-electron chi connectivity index (χ1n) is 8.08. The lowest BCUT2D eigenvalue weighted by Crippen LogP contribution is -2.44.